The Kier molecular flexibility index (Phi) is 1.85. The molecular weight excluding hydrogens is 202 g/mol. The second-order valence-electron chi connectivity index (χ2n) is 2.90. The molecule has 0 atom stereocenters. The minimum atomic E-state index is -0.459. The number of hydrogen-bond donors (Lipinski definition) is 1. The molecule has 0 saturated carbocycles. The van der Waals surface area contributed by atoms with Crippen molar-refractivity contribution in [3.8, 4) is 0 Å². The van der Waals surface area contributed by atoms with Crippen molar-refractivity contribution in [3.05, 3.63) is 27.9 Å². The highest BCUT2D eigenvalue weighted by Gasteiger charge is 2.19. The average molecular weight is 209 g/mol. The van der Waals surface area contributed by atoms with E-state index in [2.05, 4.69) is 4.37 Å². The lowest BCUT2D eigenvalue weighted by atomic mass is 10.1. The number of rotatable bonds is 1. The van der Waals surface area contributed by atoms with Crippen LogP contribution in [0.2, 0.25) is 0 Å². The maximum Gasteiger partial charge on any atom is 0.302 e. The van der Waals surface area contributed by atoms with Gasteiger partial charge >= 0.3 is 5.69 Å². The normalized spacial score (nSPS) is 10.6. The maximum absolute atomic E-state index is 10.8. The van der Waals surface area contributed by atoms with Crippen LogP contribution in [0.3, 0.4) is 0 Å². The lowest BCUT2D eigenvalue weighted by Crippen LogP contribution is -1.96. The van der Waals surface area contributed by atoms with Gasteiger partial charge in [-0.2, -0.15) is 4.37 Å². The number of benzene rings is 1. The molecule has 1 heterocycles. The summed E-state index contributed by atoms with van der Waals surface area (Å²) in [5, 5.41) is 11.3. The second kappa shape index (κ2) is 2.91. The molecule has 0 saturated heterocycles. The van der Waals surface area contributed by atoms with Crippen LogP contribution in [0.1, 0.15) is 5.69 Å². The summed E-state index contributed by atoms with van der Waals surface area (Å²) in [5.41, 5.74) is 6.36. The van der Waals surface area contributed by atoms with Gasteiger partial charge in [0, 0.05) is 0 Å². The predicted octanol–water partition coefficient (Wildman–Crippen LogP) is 2.10. The largest absolute Gasteiger partial charge is 0.393 e. The Morgan fingerprint density at radius 1 is 1.57 bits per heavy atom. The van der Waals surface area contributed by atoms with E-state index in [-0.39, 0.29) is 11.4 Å². The van der Waals surface area contributed by atoms with Crippen molar-refractivity contribution in [1.29, 1.82) is 0 Å². The first-order valence-electron chi connectivity index (χ1n) is 3.90. The van der Waals surface area contributed by atoms with Crippen molar-refractivity contribution >= 4 is 33.0 Å². The third kappa shape index (κ3) is 1.12. The third-order valence-corrected chi connectivity index (χ3v) is 2.90. The summed E-state index contributed by atoms with van der Waals surface area (Å²) < 4.78 is 4.86. The Labute approximate surface area is 83.5 Å². The average Bonchev–Trinajstić information content (AvgIpc) is 2.47. The molecule has 5 nitrogen and oxygen atoms in total. The van der Waals surface area contributed by atoms with Crippen LogP contribution < -0.4 is 5.73 Å². The standard InChI is InChI=1S/C8H7N3O2S/c1-4-7-6(14-10-4)3-2-5(9)8(7)11(12)13/h2-3H,9H2,1H3. The fourth-order valence-corrected chi connectivity index (χ4v) is 2.17. The van der Waals surface area contributed by atoms with Gasteiger partial charge in [0.2, 0.25) is 0 Å². The number of nitro benzene ring substituents is 1. The monoisotopic (exact) mass is 209 g/mol. The Hall–Kier alpha value is -1.69. The zero-order chi connectivity index (χ0) is 10.3. The second-order valence-corrected chi connectivity index (χ2v) is 3.71. The Morgan fingerprint density at radius 3 is 2.93 bits per heavy atom. The number of nitrogens with zero attached hydrogens (tertiary/aromatic N) is 2. The number of aryl methyl sites for hydroxylation is 1. The Morgan fingerprint density at radius 2 is 2.29 bits per heavy atom. The smallest absolute Gasteiger partial charge is 0.302 e. The van der Waals surface area contributed by atoms with Crippen LogP contribution in [0, 0.1) is 17.0 Å². The number of fused-ring (bicyclic) bond motifs is 1. The van der Waals surface area contributed by atoms with E-state index in [1.807, 2.05) is 0 Å². The quantitative estimate of drug-likeness (QED) is 0.443. The number of anilines is 1. The van der Waals surface area contributed by atoms with Gasteiger partial charge in [0.05, 0.1) is 20.7 Å². The van der Waals surface area contributed by atoms with Crippen LogP contribution in [0.5, 0.6) is 0 Å². The molecule has 72 valence electrons. The van der Waals surface area contributed by atoms with E-state index in [0.717, 1.165) is 4.70 Å². The Bertz CT molecular complexity index is 521. The molecule has 2 aromatic rings. The lowest BCUT2D eigenvalue weighted by molar-refractivity contribution is -0.382. The number of nitrogen functional groups attached to an aromatic ring is 1. The summed E-state index contributed by atoms with van der Waals surface area (Å²) in [6.07, 6.45) is 0. The summed E-state index contributed by atoms with van der Waals surface area (Å²) >= 11 is 1.24. The predicted molar refractivity (Wildman–Crippen MR) is 55.4 cm³/mol. The van der Waals surface area contributed by atoms with E-state index in [0.29, 0.717) is 11.1 Å². The minimum absolute atomic E-state index is 0.0336. The van der Waals surface area contributed by atoms with Gasteiger partial charge in [-0.05, 0) is 30.6 Å². The van der Waals surface area contributed by atoms with Crippen molar-refractivity contribution in [1.82, 2.24) is 4.37 Å². The summed E-state index contributed by atoms with van der Waals surface area (Å²) in [4.78, 5) is 10.3. The molecule has 0 spiro atoms. The van der Waals surface area contributed by atoms with Crippen LogP contribution in [-0.4, -0.2) is 9.30 Å². The molecular formula is C8H7N3O2S. The molecule has 6 heteroatoms. The lowest BCUT2D eigenvalue weighted by Gasteiger charge is -1.98. The summed E-state index contributed by atoms with van der Waals surface area (Å²) in [5.74, 6) is 0. The molecule has 0 fully saturated rings. The van der Waals surface area contributed by atoms with Gasteiger partial charge in [-0.1, -0.05) is 0 Å². The van der Waals surface area contributed by atoms with Crippen LogP contribution in [0.4, 0.5) is 11.4 Å². The molecule has 14 heavy (non-hydrogen) atoms. The van der Waals surface area contributed by atoms with E-state index in [1.165, 1.54) is 17.6 Å². The summed E-state index contributed by atoms with van der Waals surface area (Å²) in [6.45, 7) is 1.74. The van der Waals surface area contributed by atoms with E-state index in [9.17, 15) is 10.1 Å². The SMILES string of the molecule is Cc1nsc2ccc(N)c([N+](=O)[O-])c12. The van der Waals surface area contributed by atoms with Gasteiger partial charge in [0.25, 0.3) is 0 Å². The van der Waals surface area contributed by atoms with E-state index < -0.39 is 4.92 Å². The summed E-state index contributed by atoms with van der Waals surface area (Å²) in [7, 11) is 0. The topological polar surface area (TPSA) is 82.0 Å². The molecule has 1 aromatic carbocycles. The zero-order valence-corrected chi connectivity index (χ0v) is 8.17. The van der Waals surface area contributed by atoms with E-state index in [4.69, 9.17) is 5.73 Å². The highest BCUT2D eigenvalue weighted by Crippen LogP contribution is 2.35. The molecule has 0 amide bonds. The van der Waals surface area contributed by atoms with Gasteiger partial charge < -0.3 is 5.73 Å². The number of hydrogen-bond acceptors (Lipinski definition) is 5. The fraction of sp³-hybridized carbons (Fsp3) is 0.125. The molecule has 1 aromatic heterocycles. The third-order valence-electron chi connectivity index (χ3n) is 2.00. The maximum atomic E-state index is 10.8. The van der Waals surface area contributed by atoms with Crippen molar-refractivity contribution < 1.29 is 4.92 Å². The molecule has 0 unspecified atom stereocenters. The van der Waals surface area contributed by atoms with Crippen LogP contribution in [0.25, 0.3) is 10.1 Å². The molecule has 2 rings (SSSR count). The van der Waals surface area contributed by atoms with Gasteiger partial charge in [0.15, 0.2) is 0 Å². The molecule has 2 N–H and O–H groups in total. The highest BCUT2D eigenvalue weighted by molar-refractivity contribution is 7.13. The first kappa shape index (κ1) is 8.89. The molecule has 0 aliphatic carbocycles. The van der Waals surface area contributed by atoms with Crippen LogP contribution in [-0.2, 0) is 0 Å². The van der Waals surface area contributed by atoms with Crippen molar-refractivity contribution in [2.45, 2.75) is 6.92 Å². The molecule has 0 bridgehead atoms. The first-order chi connectivity index (χ1) is 6.61. The molecule has 0 aliphatic heterocycles. The summed E-state index contributed by atoms with van der Waals surface area (Å²) in [6, 6.07) is 3.29. The minimum Gasteiger partial charge on any atom is -0.393 e. The van der Waals surface area contributed by atoms with Crippen LogP contribution >= 0.6 is 11.5 Å². The molecule has 0 radical (unpaired) electrons. The van der Waals surface area contributed by atoms with Gasteiger partial charge in [-0.25, -0.2) is 0 Å². The Balaban J connectivity index is 2.94. The fourth-order valence-electron chi connectivity index (χ4n) is 1.37. The number of nitro groups is 1. The van der Waals surface area contributed by atoms with Gasteiger partial charge in [-0.3, -0.25) is 10.1 Å². The van der Waals surface area contributed by atoms with E-state index >= 15 is 0 Å². The number of nitrogens with two attached hydrogens (primary N) is 1. The van der Waals surface area contributed by atoms with E-state index in [1.54, 1.807) is 13.0 Å². The number of aromatic nitrogens is 1. The highest BCUT2D eigenvalue weighted by atomic mass is 32.1. The zero-order valence-electron chi connectivity index (χ0n) is 7.35. The van der Waals surface area contributed by atoms with Crippen molar-refractivity contribution in [2.24, 2.45) is 0 Å². The van der Waals surface area contributed by atoms with Gasteiger partial charge in [0.1, 0.15) is 5.69 Å². The van der Waals surface area contributed by atoms with Gasteiger partial charge in [-0.15, -0.1) is 0 Å². The van der Waals surface area contributed by atoms with Crippen LogP contribution in [0.15, 0.2) is 12.1 Å². The molecule has 0 aliphatic rings. The van der Waals surface area contributed by atoms with Crippen molar-refractivity contribution in [2.75, 3.05) is 5.73 Å². The van der Waals surface area contributed by atoms with Crippen molar-refractivity contribution in [3.63, 3.8) is 0 Å². The first-order valence-corrected chi connectivity index (χ1v) is 4.67.